The first-order valence-electron chi connectivity index (χ1n) is 6.69. The molecule has 0 bridgehead atoms. The molecule has 0 aliphatic rings. The largest absolute Gasteiger partial charge is 0.269 e. The van der Waals surface area contributed by atoms with Gasteiger partial charge in [0, 0.05) is 18.5 Å². The van der Waals surface area contributed by atoms with Crippen LogP contribution in [0.25, 0.3) is 5.65 Å². The lowest BCUT2D eigenvalue weighted by atomic mass is 10.3. The fraction of sp³-hybridized carbons (Fsp3) is 0.133. The predicted octanol–water partition coefficient (Wildman–Crippen LogP) is 2.03. The van der Waals surface area contributed by atoms with E-state index in [1.807, 2.05) is 6.92 Å². The zero-order valence-corrected chi connectivity index (χ0v) is 13.7. The van der Waals surface area contributed by atoms with Crippen LogP contribution in [0.15, 0.2) is 52.5 Å². The molecule has 0 atom stereocenters. The normalized spacial score (nSPS) is 11.7. The van der Waals surface area contributed by atoms with Crippen molar-refractivity contribution in [2.24, 2.45) is 0 Å². The van der Waals surface area contributed by atoms with Crippen molar-refractivity contribution in [2.75, 3.05) is 0 Å². The summed E-state index contributed by atoms with van der Waals surface area (Å²) >= 11 is 5.89. The number of sulfone groups is 1. The van der Waals surface area contributed by atoms with Crippen LogP contribution in [-0.4, -0.2) is 22.8 Å². The van der Waals surface area contributed by atoms with Gasteiger partial charge in [0.15, 0.2) is 5.03 Å². The van der Waals surface area contributed by atoms with Crippen LogP contribution in [0.4, 0.5) is 0 Å². The van der Waals surface area contributed by atoms with Gasteiger partial charge in [0.1, 0.15) is 5.65 Å². The molecular formula is C15H12ClN3O3S. The molecule has 0 amide bonds. The average molecular weight is 350 g/mol. The Balaban J connectivity index is 2.07. The molecule has 0 fully saturated rings. The Kier molecular flexibility index (Phi) is 3.91. The minimum Gasteiger partial charge on any atom is -0.269 e. The van der Waals surface area contributed by atoms with E-state index in [0.29, 0.717) is 5.65 Å². The van der Waals surface area contributed by atoms with Gasteiger partial charge in [-0.25, -0.2) is 18.4 Å². The van der Waals surface area contributed by atoms with E-state index in [4.69, 9.17) is 11.6 Å². The van der Waals surface area contributed by atoms with Gasteiger partial charge in [0.25, 0.3) is 5.56 Å². The molecule has 0 aromatic carbocycles. The van der Waals surface area contributed by atoms with Gasteiger partial charge in [-0.15, -0.1) is 0 Å². The third-order valence-electron chi connectivity index (χ3n) is 3.22. The van der Waals surface area contributed by atoms with Crippen molar-refractivity contribution in [1.82, 2.24) is 14.4 Å². The van der Waals surface area contributed by atoms with Crippen LogP contribution in [0, 0.1) is 6.92 Å². The smallest absolute Gasteiger partial charge is 0.258 e. The van der Waals surface area contributed by atoms with Crippen molar-refractivity contribution in [3.05, 3.63) is 69.4 Å². The lowest BCUT2D eigenvalue weighted by molar-refractivity contribution is 0.591. The lowest BCUT2D eigenvalue weighted by Gasteiger charge is -2.07. The summed E-state index contributed by atoms with van der Waals surface area (Å²) in [7, 11) is -3.79. The molecule has 3 aromatic heterocycles. The number of rotatable bonds is 3. The van der Waals surface area contributed by atoms with Gasteiger partial charge < -0.3 is 0 Å². The number of aromatic nitrogens is 3. The number of fused-ring (bicyclic) bond motifs is 1. The Morgan fingerprint density at radius 3 is 2.78 bits per heavy atom. The minimum absolute atomic E-state index is 0.0423. The van der Waals surface area contributed by atoms with Crippen molar-refractivity contribution in [2.45, 2.75) is 17.7 Å². The molecule has 6 nitrogen and oxygen atoms in total. The van der Waals surface area contributed by atoms with Crippen LogP contribution >= 0.6 is 11.6 Å². The molecule has 3 aromatic rings. The van der Waals surface area contributed by atoms with Gasteiger partial charge in [-0.2, -0.15) is 0 Å². The van der Waals surface area contributed by atoms with E-state index in [0.717, 1.165) is 5.56 Å². The van der Waals surface area contributed by atoms with E-state index in [1.165, 1.54) is 22.7 Å². The Hall–Kier alpha value is -2.25. The van der Waals surface area contributed by atoms with Gasteiger partial charge in [0.2, 0.25) is 9.84 Å². The first-order valence-corrected chi connectivity index (χ1v) is 8.72. The Labute approximate surface area is 137 Å². The van der Waals surface area contributed by atoms with Gasteiger partial charge in [0.05, 0.1) is 16.5 Å². The molecule has 0 saturated heterocycles. The summed E-state index contributed by atoms with van der Waals surface area (Å²) in [6, 6.07) is 7.67. The van der Waals surface area contributed by atoms with Gasteiger partial charge in [-0.05, 0) is 30.7 Å². The fourth-order valence-corrected chi connectivity index (χ4v) is 3.93. The highest BCUT2D eigenvalue weighted by Crippen LogP contribution is 2.21. The monoisotopic (exact) mass is 349 g/mol. The molecule has 23 heavy (non-hydrogen) atoms. The number of aryl methyl sites for hydroxylation is 1. The van der Waals surface area contributed by atoms with E-state index < -0.39 is 15.6 Å². The quantitative estimate of drug-likeness (QED) is 0.722. The van der Waals surface area contributed by atoms with Crippen LogP contribution in [0.3, 0.4) is 0 Å². The molecule has 0 radical (unpaired) electrons. The average Bonchev–Trinajstić information content (AvgIpc) is 2.48. The summed E-state index contributed by atoms with van der Waals surface area (Å²) in [6.45, 7) is 1.85. The molecule has 0 N–H and O–H groups in total. The van der Waals surface area contributed by atoms with Crippen LogP contribution in [-0.2, 0) is 15.6 Å². The maximum atomic E-state index is 12.4. The molecule has 0 spiro atoms. The van der Waals surface area contributed by atoms with Crippen LogP contribution < -0.4 is 5.56 Å². The zero-order valence-electron chi connectivity index (χ0n) is 12.1. The minimum atomic E-state index is -3.79. The second-order valence-corrected chi connectivity index (χ2v) is 7.38. The topological polar surface area (TPSA) is 81.4 Å². The molecule has 3 heterocycles. The van der Waals surface area contributed by atoms with Gasteiger partial charge in [-0.3, -0.25) is 9.20 Å². The van der Waals surface area contributed by atoms with Crippen LogP contribution in [0.5, 0.6) is 0 Å². The molecule has 0 aliphatic carbocycles. The molecule has 0 aliphatic heterocycles. The van der Waals surface area contributed by atoms with Crippen molar-refractivity contribution < 1.29 is 8.42 Å². The standard InChI is InChI=1S/C15H12ClN3O3S/c1-10-4-5-13-18-11(7-14(20)19(13)8-10)9-23(21,22)15-12(16)3-2-6-17-15/h2-8H,9H2,1H3. The van der Waals surface area contributed by atoms with E-state index in [2.05, 4.69) is 9.97 Å². The number of pyridine rings is 2. The fourth-order valence-electron chi connectivity index (χ4n) is 2.20. The maximum Gasteiger partial charge on any atom is 0.258 e. The highest BCUT2D eigenvalue weighted by molar-refractivity contribution is 7.90. The van der Waals surface area contributed by atoms with E-state index in [1.54, 1.807) is 24.4 Å². The van der Waals surface area contributed by atoms with Crippen molar-refractivity contribution in [3.8, 4) is 0 Å². The molecule has 118 valence electrons. The zero-order chi connectivity index (χ0) is 16.6. The molecule has 0 unspecified atom stereocenters. The second kappa shape index (κ2) is 5.75. The summed E-state index contributed by atoms with van der Waals surface area (Å²) in [4.78, 5) is 20.2. The van der Waals surface area contributed by atoms with Crippen molar-refractivity contribution >= 4 is 27.1 Å². The highest BCUT2D eigenvalue weighted by Gasteiger charge is 2.21. The number of halogens is 1. The Bertz CT molecular complexity index is 1060. The van der Waals surface area contributed by atoms with Crippen molar-refractivity contribution in [1.29, 1.82) is 0 Å². The first kappa shape index (κ1) is 15.6. The van der Waals surface area contributed by atoms with Crippen molar-refractivity contribution in [3.63, 3.8) is 0 Å². The third kappa shape index (κ3) is 3.11. The number of hydrogen-bond donors (Lipinski definition) is 0. The van der Waals surface area contributed by atoms with Crippen LogP contribution in [0.2, 0.25) is 5.02 Å². The second-order valence-electron chi connectivity index (χ2n) is 5.07. The van der Waals surface area contributed by atoms with Crippen LogP contribution in [0.1, 0.15) is 11.3 Å². The first-order chi connectivity index (χ1) is 10.9. The van der Waals surface area contributed by atoms with Gasteiger partial charge in [-0.1, -0.05) is 17.7 Å². The number of hydrogen-bond acceptors (Lipinski definition) is 5. The summed E-state index contributed by atoms with van der Waals surface area (Å²) in [5, 5.41) is -0.173. The molecule has 3 rings (SSSR count). The highest BCUT2D eigenvalue weighted by atomic mass is 35.5. The summed E-state index contributed by atoms with van der Waals surface area (Å²) in [5.41, 5.74) is 1.11. The summed E-state index contributed by atoms with van der Waals surface area (Å²) in [6.07, 6.45) is 3.00. The van der Waals surface area contributed by atoms with E-state index in [9.17, 15) is 13.2 Å². The SMILES string of the molecule is Cc1ccc2nc(CS(=O)(=O)c3ncccc3Cl)cc(=O)n2c1. The Morgan fingerprint density at radius 2 is 2.04 bits per heavy atom. The molecule has 8 heteroatoms. The molecule has 0 saturated carbocycles. The van der Waals surface area contributed by atoms with E-state index >= 15 is 0 Å². The Morgan fingerprint density at radius 1 is 1.26 bits per heavy atom. The molecular weight excluding hydrogens is 338 g/mol. The maximum absolute atomic E-state index is 12.4. The summed E-state index contributed by atoms with van der Waals surface area (Å²) in [5.74, 6) is -0.441. The lowest BCUT2D eigenvalue weighted by Crippen LogP contribution is -2.18. The third-order valence-corrected chi connectivity index (χ3v) is 5.23. The van der Waals surface area contributed by atoms with E-state index in [-0.39, 0.29) is 21.3 Å². The van der Waals surface area contributed by atoms with Gasteiger partial charge >= 0.3 is 0 Å². The number of nitrogens with zero attached hydrogens (tertiary/aromatic N) is 3. The summed E-state index contributed by atoms with van der Waals surface area (Å²) < 4.78 is 26.2. The predicted molar refractivity (Wildman–Crippen MR) is 86.3 cm³/mol.